The molecule has 0 aliphatic carbocycles. The van der Waals surface area contributed by atoms with Gasteiger partial charge in [-0.05, 0) is 25.8 Å². The van der Waals surface area contributed by atoms with Gasteiger partial charge in [0.15, 0.2) is 6.23 Å². The molecule has 1 saturated heterocycles. The van der Waals surface area contributed by atoms with E-state index in [0.29, 0.717) is 19.6 Å². The van der Waals surface area contributed by atoms with Crippen molar-refractivity contribution in [3.05, 3.63) is 33.1 Å². The van der Waals surface area contributed by atoms with E-state index < -0.39 is 35.8 Å². The first kappa shape index (κ1) is 18.9. The van der Waals surface area contributed by atoms with E-state index in [0.717, 1.165) is 25.7 Å². The van der Waals surface area contributed by atoms with Crippen LogP contribution in [0.4, 0.5) is 0 Å². The molecule has 1 aromatic rings. The number of unbranched alkanes of at least 4 members (excludes halogenated alkanes) is 3. The van der Waals surface area contributed by atoms with Crippen LogP contribution in [0.25, 0.3) is 0 Å². The number of ether oxygens (including phenoxy) is 2. The van der Waals surface area contributed by atoms with Crippen LogP contribution in [-0.4, -0.2) is 46.1 Å². The highest BCUT2D eigenvalue weighted by Crippen LogP contribution is 2.32. The molecule has 0 aromatic carbocycles. The zero-order chi connectivity index (χ0) is 17.5. The largest absolute Gasteiger partial charge is 0.388 e. The van der Waals surface area contributed by atoms with Crippen molar-refractivity contribution in [2.24, 2.45) is 5.73 Å². The Morgan fingerprint density at radius 2 is 2.08 bits per heavy atom. The van der Waals surface area contributed by atoms with Gasteiger partial charge in [-0.25, -0.2) is 4.79 Å². The zero-order valence-corrected chi connectivity index (χ0v) is 14.0. The van der Waals surface area contributed by atoms with Gasteiger partial charge in [0.2, 0.25) is 0 Å². The fraction of sp³-hybridized carbons (Fsp3) is 0.750. The summed E-state index contributed by atoms with van der Waals surface area (Å²) in [5, 5.41) is 10.4. The Kier molecular flexibility index (Phi) is 7.16. The van der Waals surface area contributed by atoms with Gasteiger partial charge in [-0.15, -0.1) is 0 Å². The quantitative estimate of drug-likeness (QED) is 0.548. The highest BCUT2D eigenvalue weighted by atomic mass is 16.6. The summed E-state index contributed by atoms with van der Waals surface area (Å²) >= 11 is 0. The Morgan fingerprint density at radius 3 is 2.75 bits per heavy atom. The van der Waals surface area contributed by atoms with Crippen molar-refractivity contribution in [2.45, 2.75) is 63.6 Å². The van der Waals surface area contributed by atoms with Crippen LogP contribution in [0, 0.1) is 0 Å². The van der Waals surface area contributed by atoms with Crippen molar-refractivity contribution >= 4 is 0 Å². The molecule has 1 aliphatic heterocycles. The molecular formula is C16H27N3O5. The second-order valence-electron chi connectivity index (χ2n) is 6.02. The number of rotatable bonds is 9. The number of hydrogen-bond donors (Lipinski definition) is 3. The second-order valence-corrected chi connectivity index (χ2v) is 6.02. The lowest BCUT2D eigenvalue weighted by Crippen LogP contribution is -2.39. The summed E-state index contributed by atoms with van der Waals surface area (Å²) in [7, 11) is 0. The van der Waals surface area contributed by atoms with E-state index in [2.05, 4.69) is 4.98 Å². The van der Waals surface area contributed by atoms with Crippen molar-refractivity contribution in [1.29, 1.82) is 0 Å². The average molecular weight is 341 g/mol. The van der Waals surface area contributed by atoms with E-state index >= 15 is 0 Å². The molecule has 8 nitrogen and oxygen atoms in total. The fourth-order valence-corrected chi connectivity index (χ4v) is 2.91. The Hall–Kier alpha value is -1.48. The van der Waals surface area contributed by atoms with Crippen LogP contribution < -0.4 is 17.0 Å². The van der Waals surface area contributed by atoms with E-state index in [1.807, 2.05) is 6.92 Å². The minimum atomic E-state index is -0.817. The fourth-order valence-electron chi connectivity index (χ4n) is 2.91. The number of nitrogens with one attached hydrogen (secondary N) is 1. The Bertz CT molecular complexity index is 614. The highest BCUT2D eigenvalue weighted by Gasteiger charge is 2.44. The third kappa shape index (κ3) is 4.54. The second kappa shape index (κ2) is 9.12. The first-order valence-electron chi connectivity index (χ1n) is 8.55. The molecule has 24 heavy (non-hydrogen) atoms. The minimum absolute atomic E-state index is 0.406. The predicted octanol–water partition coefficient (Wildman–Crippen LogP) is 0.109. The van der Waals surface area contributed by atoms with Crippen LogP contribution in [-0.2, 0) is 9.47 Å². The van der Waals surface area contributed by atoms with Crippen LogP contribution in [0.15, 0.2) is 21.9 Å². The van der Waals surface area contributed by atoms with Crippen molar-refractivity contribution in [2.75, 3.05) is 13.2 Å². The molecule has 4 atom stereocenters. The molecule has 1 fully saturated rings. The molecule has 1 aromatic heterocycles. The molecule has 136 valence electrons. The summed E-state index contributed by atoms with van der Waals surface area (Å²) in [5.41, 5.74) is 4.41. The molecule has 1 aliphatic rings. The lowest BCUT2D eigenvalue weighted by molar-refractivity contribution is -0.0714. The van der Waals surface area contributed by atoms with Gasteiger partial charge in [-0.1, -0.05) is 19.8 Å². The predicted molar refractivity (Wildman–Crippen MR) is 88.8 cm³/mol. The van der Waals surface area contributed by atoms with Gasteiger partial charge < -0.3 is 20.3 Å². The lowest BCUT2D eigenvalue weighted by Gasteiger charge is -2.22. The molecule has 8 heteroatoms. The number of nitrogens with zero attached hydrogens (tertiary/aromatic N) is 1. The Labute approximate surface area is 140 Å². The molecule has 0 bridgehead atoms. The van der Waals surface area contributed by atoms with Crippen LogP contribution >= 0.6 is 0 Å². The van der Waals surface area contributed by atoms with E-state index in [1.165, 1.54) is 16.8 Å². The number of aliphatic hydroxyl groups excluding tert-OH is 1. The average Bonchev–Trinajstić information content (AvgIpc) is 2.87. The molecule has 2 rings (SSSR count). The maximum atomic E-state index is 12.0. The highest BCUT2D eigenvalue weighted by molar-refractivity contribution is 4.93. The number of aliphatic hydroxyl groups is 1. The number of nitrogens with two attached hydrogens (primary N) is 1. The maximum absolute atomic E-state index is 12.0. The summed E-state index contributed by atoms with van der Waals surface area (Å²) in [6.45, 7) is 3.06. The van der Waals surface area contributed by atoms with Crippen LogP contribution in [0.2, 0.25) is 0 Å². The van der Waals surface area contributed by atoms with Gasteiger partial charge in [0.05, 0.1) is 6.10 Å². The molecule has 1 unspecified atom stereocenters. The number of aromatic amines is 1. The van der Waals surface area contributed by atoms with Crippen molar-refractivity contribution in [3.8, 4) is 0 Å². The summed E-state index contributed by atoms with van der Waals surface area (Å²) in [5.74, 6) is 0. The molecule has 4 N–H and O–H groups in total. The Morgan fingerprint density at radius 1 is 1.33 bits per heavy atom. The van der Waals surface area contributed by atoms with Crippen molar-refractivity contribution < 1.29 is 14.6 Å². The van der Waals surface area contributed by atoms with Crippen LogP contribution in [0.3, 0.4) is 0 Å². The monoisotopic (exact) mass is 341 g/mol. The Balaban J connectivity index is 2.04. The maximum Gasteiger partial charge on any atom is 0.330 e. The third-order valence-corrected chi connectivity index (χ3v) is 4.25. The van der Waals surface area contributed by atoms with Crippen LogP contribution in [0.1, 0.15) is 45.3 Å². The SMILES string of the molecule is CC[C@H]1O[C@@H](n2ccc(=O)[nH]c2=O)[C@@H](OCCCCCCN)C1O. The van der Waals surface area contributed by atoms with Gasteiger partial charge in [0.25, 0.3) is 5.56 Å². The molecule has 0 spiro atoms. The van der Waals surface area contributed by atoms with E-state index in [-0.39, 0.29) is 0 Å². The molecular weight excluding hydrogens is 314 g/mol. The molecule has 0 saturated carbocycles. The van der Waals surface area contributed by atoms with Crippen LogP contribution in [0.5, 0.6) is 0 Å². The topological polar surface area (TPSA) is 120 Å². The molecule has 0 amide bonds. The summed E-state index contributed by atoms with van der Waals surface area (Å²) in [6, 6.07) is 1.25. The summed E-state index contributed by atoms with van der Waals surface area (Å²) in [4.78, 5) is 25.4. The first-order valence-corrected chi connectivity index (χ1v) is 8.55. The number of hydrogen-bond acceptors (Lipinski definition) is 6. The van der Waals surface area contributed by atoms with Crippen molar-refractivity contribution in [3.63, 3.8) is 0 Å². The van der Waals surface area contributed by atoms with Crippen molar-refractivity contribution in [1.82, 2.24) is 9.55 Å². The van der Waals surface area contributed by atoms with E-state index in [1.54, 1.807) is 0 Å². The van der Waals surface area contributed by atoms with Gasteiger partial charge in [-0.3, -0.25) is 14.3 Å². The van der Waals surface area contributed by atoms with Gasteiger partial charge in [0, 0.05) is 18.9 Å². The third-order valence-electron chi connectivity index (χ3n) is 4.25. The van der Waals surface area contributed by atoms with Gasteiger partial charge in [0.1, 0.15) is 12.2 Å². The summed E-state index contributed by atoms with van der Waals surface area (Å²) < 4.78 is 12.9. The van der Waals surface area contributed by atoms with Gasteiger partial charge in [-0.2, -0.15) is 0 Å². The summed E-state index contributed by atoms with van der Waals surface area (Å²) in [6.07, 6.45) is 3.24. The minimum Gasteiger partial charge on any atom is -0.388 e. The first-order chi connectivity index (χ1) is 11.6. The molecule has 0 radical (unpaired) electrons. The standard InChI is InChI=1S/C16H27N3O5/c1-2-11-13(21)14(23-10-6-4-3-5-8-17)15(24-11)19-9-7-12(20)18-16(19)22/h7,9,11,13-15,21H,2-6,8,10,17H2,1H3,(H,18,20,22)/t11-,13?,14+,15-/m1/s1. The zero-order valence-electron chi connectivity index (χ0n) is 14.0. The normalized spacial score (nSPS) is 26.8. The number of aromatic nitrogens is 2. The lowest BCUT2D eigenvalue weighted by atomic mass is 10.1. The van der Waals surface area contributed by atoms with E-state index in [4.69, 9.17) is 15.2 Å². The smallest absolute Gasteiger partial charge is 0.330 e. The number of H-pyrrole nitrogens is 1. The molecule has 2 heterocycles. The van der Waals surface area contributed by atoms with E-state index in [9.17, 15) is 14.7 Å². The van der Waals surface area contributed by atoms with Gasteiger partial charge >= 0.3 is 5.69 Å².